The molecule has 7 heteroatoms. The topological polar surface area (TPSA) is 93.9 Å². The molecule has 0 bridgehead atoms. The molecule has 0 aliphatic rings. The van der Waals surface area contributed by atoms with Gasteiger partial charge >= 0.3 is 0 Å². The molecule has 4 atom stereocenters. The quantitative estimate of drug-likeness (QED) is 0.555. The van der Waals surface area contributed by atoms with E-state index in [-0.39, 0.29) is 25.2 Å². The van der Waals surface area contributed by atoms with Crippen molar-refractivity contribution < 1.29 is 24.4 Å². The summed E-state index contributed by atoms with van der Waals surface area (Å²) >= 11 is 0. The van der Waals surface area contributed by atoms with Crippen molar-refractivity contribution in [1.82, 2.24) is 9.97 Å². The molecule has 0 saturated heterocycles. The lowest BCUT2D eigenvalue weighted by Gasteiger charge is -2.22. The van der Waals surface area contributed by atoms with E-state index in [0.717, 1.165) is 5.69 Å². The molecular formula is C18H32N2O5. The average Bonchev–Trinajstić information content (AvgIpc) is 2.60. The summed E-state index contributed by atoms with van der Waals surface area (Å²) in [6.07, 6.45) is 2.74. The summed E-state index contributed by atoms with van der Waals surface area (Å²) in [6, 6.07) is 0. The van der Waals surface area contributed by atoms with Crippen molar-refractivity contribution in [1.29, 1.82) is 0 Å². The molecule has 0 aliphatic carbocycles. The summed E-state index contributed by atoms with van der Waals surface area (Å²) in [5.41, 5.74) is 1.39. The molecule has 0 aromatic carbocycles. The Morgan fingerprint density at radius 3 is 2.20 bits per heavy atom. The van der Waals surface area contributed by atoms with E-state index in [4.69, 9.17) is 14.2 Å². The second-order valence-corrected chi connectivity index (χ2v) is 5.83. The minimum Gasteiger partial charge on any atom is -0.394 e. The second-order valence-electron chi connectivity index (χ2n) is 5.83. The zero-order chi connectivity index (χ0) is 18.7. The number of ether oxygens (including phenoxy) is 3. The molecule has 1 aromatic heterocycles. The third-order valence-corrected chi connectivity index (χ3v) is 3.83. The minimum absolute atomic E-state index is 0.0707. The van der Waals surface area contributed by atoms with Gasteiger partial charge in [-0.3, -0.25) is 9.97 Å². The van der Waals surface area contributed by atoms with Gasteiger partial charge < -0.3 is 24.4 Å². The summed E-state index contributed by atoms with van der Waals surface area (Å²) in [7, 11) is 0. The molecule has 0 aliphatic heterocycles. The van der Waals surface area contributed by atoms with Crippen molar-refractivity contribution in [3.05, 3.63) is 23.8 Å². The molecular weight excluding hydrogens is 324 g/mol. The van der Waals surface area contributed by atoms with E-state index >= 15 is 0 Å². The molecule has 1 aromatic rings. The Kier molecular flexibility index (Phi) is 10.8. The number of hydrogen-bond acceptors (Lipinski definition) is 7. The highest BCUT2D eigenvalue weighted by Crippen LogP contribution is 2.22. The Bertz CT molecular complexity index is 457. The predicted octanol–water partition coefficient (Wildman–Crippen LogP) is 1.67. The van der Waals surface area contributed by atoms with Gasteiger partial charge in [-0.1, -0.05) is 0 Å². The van der Waals surface area contributed by atoms with Crippen molar-refractivity contribution in [3.8, 4) is 0 Å². The first kappa shape index (κ1) is 21.9. The van der Waals surface area contributed by atoms with Crippen molar-refractivity contribution in [2.24, 2.45) is 0 Å². The first-order valence-electron chi connectivity index (χ1n) is 9.00. The van der Waals surface area contributed by atoms with Crippen LogP contribution in [0.25, 0.3) is 0 Å². The van der Waals surface area contributed by atoms with E-state index in [9.17, 15) is 10.2 Å². The molecule has 0 radical (unpaired) electrons. The zero-order valence-electron chi connectivity index (χ0n) is 15.7. The second kappa shape index (κ2) is 12.3. The van der Waals surface area contributed by atoms with Crippen LogP contribution in [0, 0.1) is 0 Å². The largest absolute Gasteiger partial charge is 0.394 e. The highest BCUT2D eigenvalue weighted by Gasteiger charge is 2.21. The molecule has 0 amide bonds. The molecule has 0 unspecified atom stereocenters. The van der Waals surface area contributed by atoms with Gasteiger partial charge in [0.2, 0.25) is 0 Å². The molecule has 1 heterocycles. The molecule has 2 N–H and O–H groups in total. The van der Waals surface area contributed by atoms with Crippen LogP contribution in [0.15, 0.2) is 12.4 Å². The number of hydrogen-bond donors (Lipinski definition) is 2. The van der Waals surface area contributed by atoms with Crippen LogP contribution in [0.3, 0.4) is 0 Å². The fourth-order valence-electron chi connectivity index (χ4n) is 2.61. The molecule has 0 spiro atoms. The minimum atomic E-state index is -0.828. The monoisotopic (exact) mass is 356 g/mol. The summed E-state index contributed by atoms with van der Waals surface area (Å²) in [5, 5.41) is 19.4. The first-order chi connectivity index (χ1) is 12.0. The van der Waals surface area contributed by atoms with E-state index in [0.29, 0.717) is 31.9 Å². The third-order valence-electron chi connectivity index (χ3n) is 3.83. The van der Waals surface area contributed by atoms with E-state index < -0.39 is 12.2 Å². The number of aromatic nitrogens is 2. The van der Waals surface area contributed by atoms with E-state index in [1.165, 1.54) is 0 Å². The smallest absolute Gasteiger partial charge is 0.107 e. The Morgan fingerprint density at radius 1 is 1.00 bits per heavy atom. The molecule has 0 saturated carbocycles. The van der Waals surface area contributed by atoms with Gasteiger partial charge in [0.05, 0.1) is 36.4 Å². The average molecular weight is 356 g/mol. The van der Waals surface area contributed by atoms with Gasteiger partial charge in [-0.05, 0) is 27.7 Å². The van der Waals surface area contributed by atoms with E-state index in [2.05, 4.69) is 9.97 Å². The lowest BCUT2D eigenvalue weighted by Crippen LogP contribution is -2.34. The van der Waals surface area contributed by atoms with Crippen LogP contribution in [-0.4, -0.2) is 64.9 Å². The van der Waals surface area contributed by atoms with Crippen LogP contribution in [0.4, 0.5) is 0 Å². The number of nitrogens with zero attached hydrogens (tertiary/aromatic N) is 2. The van der Waals surface area contributed by atoms with Crippen molar-refractivity contribution >= 4 is 0 Å². The van der Waals surface area contributed by atoms with Gasteiger partial charge in [-0.25, -0.2) is 0 Å². The molecule has 25 heavy (non-hydrogen) atoms. The van der Waals surface area contributed by atoms with Crippen molar-refractivity contribution in [2.45, 2.75) is 65.0 Å². The van der Waals surface area contributed by atoms with Crippen LogP contribution in [0.1, 0.15) is 51.6 Å². The third kappa shape index (κ3) is 7.75. The van der Waals surface area contributed by atoms with Gasteiger partial charge in [0, 0.05) is 38.9 Å². The summed E-state index contributed by atoms with van der Waals surface area (Å²) in [5.74, 6) is 0. The van der Waals surface area contributed by atoms with E-state index in [1.807, 2.05) is 27.7 Å². The van der Waals surface area contributed by atoms with Crippen LogP contribution < -0.4 is 0 Å². The maximum absolute atomic E-state index is 10.1. The summed E-state index contributed by atoms with van der Waals surface area (Å²) in [6.45, 7) is 9.18. The van der Waals surface area contributed by atoms with Crippen molar-refractivity contribution in [3.63, 3.8) is 0 Å². The Hall–Kier alpha value is -1.12. The fourth-order valence-corrected chi connectivity index (χ4v) is 2.61. The zero-order valence-corrected chi connectivity index (χ0v) is 15.7. The lowest BCUT2D eigenvalue weighted by atomic mass is 10.1. The Morgan fingerprint density at radius 2 is 1.68 bits per heavy atom. The van der Waals surface area contributed by atoms with Crippen LogP contribution in [0.2, 0.25) is 0 Å². The van der Waals surface area contributed by atoms with Gasteiger partial charge in [-0.2, -0.15) is 0 Å². The molecule has 144 valence electrons. The van der Waals surface area contributed by atoms with E-state index in [1.54, 1.807) is 12.4 Å². The van der Waals surface area contributed by atoms with Gasteiger partial charge in [0.1, 0.15) is 12.2 Å². The normalized spacial score (nSPS) is 16.4. The van der Waals surface area contributed by atoms with Crippen LogP contribution in [-0.2, 0) is 20.6 Å². The SMILES string of the molecule is CCO[C@@H](C[C@H](C)OCC)c1cnc(C[C@H](O)[C@H](CO)OCC)cn1. The van der Waals surface area contributed by atoms with Crippen molar-refractivity contribution in [2.75, 3.05) is 26.4 Å². The molecule has 7 nitrogen and oxygen atoms in total. The molecule has 1 rings (SSSR count). The van der Waals surface area contributed by atoms with Gasteiger partial charge in [-0.15, -0.1) is 0 Å². The highest BCUT2D eigenvalue weighted by molar-refractivity contribution is 5.07. The highest BCUT2D eigenvalue weighted by atomic mass is 16.5. The van der Waals surface area contributed by atoms with Crippen LogP contribution >= 0.6 is 0 Å². The maximum atomic E-state index is 10.1. The summed E-state index contributed by atoms with van der Waals surface area (Å²) < 4.78 is 16.7. The lowest BCUT2D eigenvalue weighted by molar-refractivity contribution is -0.0586. The fraction of sp³-hybridized carbons (Fsp3) is 0.778. The molecule has 0 fully saturated rings. The Balaban J connectivity index is 2.71. The van der Waals surface area contributed by atoms with Gasteiger partial charge in [0.15, 0.2) is 0 Å². The maximum Gasteiger partial charge on any atom is 0.107 e. The van der Waals surface area contributed by atoms with Crippen LogP contribution in [0.5, 0.6) is 0 Å². The standard InChI is InChI=1S/C18H32N2O5/c1-5-23-13(4)8-17(24-6-2)15-11-19-14(10-20-15)9-16(22)18(12-21)25-7-3/h10-11,13,16-18,21-22H,5-9,12H2,1-4H3/t13-,16-,17-,18-/m0/s1. The summed E-state index contributed by atoms with van der Waals surface area (Å²) in [4.78, 5) is 8.81. The number of rotatable bonds is 13. The predicted molar refractivity (Wildman–Crippen MR) is 94.3 cm³/mol. The number of aliphatic hydroxyl groups excluding tert-OH is 2. The first-order valence-corrected chi connectivity index (χ1v) is 9.00. The Labute approximate surface area is 150 Å². The van der Waals surface area contributed by atoms with Gasteiger partial charge in [0.25, 0.3) is 0 Å². The number of aliphatic hydroxyl groups is 2.